The molecule has 9 heteroatoms. The van der Waals surface area contributed by atoms with Crippen LogP contribution in [0.25, 0.3) is 0 Å². The van der Waals surface area contributed by atoms with E-state index in [0.717, 1.165) is 11.1 Å². The number of hydrogen-bond donors (Lipinski definition) is 2. The van der Waals surface area contributed by atoms with E-state index in [4.69, 9.17) is 5.73 Å². The summed E-state index contributed by atoms with van der Waals surface area (Å²) in [5.41, 5.74) is 9.36. The third kappa shape index (κ3) is 3.71. The number of amides is 3. The summed E-state index contributed by atoms with van der Waals surface area (Å²) in [7, 11) is 1.64. The Bertz CT molecular complexity index is 1250. The van der Waals surface area contributed by atoms with Gasteiger partial charge in [-0.1, -0.05) is 30.3 Å². The second-order valence-corrected chi connectivity index (χ2v) is 8.32. The number of nitrogens with one attached hydrogen (secondary N) is 1. The number of primary amides is 1. The summed E-state index contributed by atoms with van der Waals surface area (Å²) in [6.07, 6.45) is 2.54. The Hall–Kier alpha value is -4.14. The van der Waals surface area contributed by atoms with Crippen molar-refractivity contribution in [1.29, 1.82) is 0 Å². The van der Waals surface area contributed by atoms with Crippen LogP contribution in [0.1, 0.15) is 32.0 Å². The highest BCUT2D eigenvalue weighted by Crippen LogP contribution is 2.31. The zero-order valence-corrected chi connectivity index (χ0v) is 18.2. The molecular formula is C24H24N6O3. The van der Waals surface area contributed by atoms with Gasteiger partial charge in [0.2, 0.25) is 5.91 Å². The van der Waals surface area contributed by atoms with Gasteiger partial charge in [-0.15, -0.1) is 0 Å². The van der Waals surface area contributed by atoms with Gasteiger partial charge in [0, 0.05) is 37.5 Å². The second-order valence-electron chi connectivity index (χ2n) is 8.32. The normalized spacial score (nSPS) is 17.8. The molecule has 0 aliphatic carbocycles. The van der Waals surface area contributed by atoms with Gasteiger partial charge in [0.1, 0.15) is 6.04 Å². The van der Waals surface area contributed by atoms with E-state index in [0.29, 0.717) is 42.1 Å². The molecule has 2 aliphatic heterocycles. The number of hydrogen-bond acceptors (Lipinski definition) is 5. The van der Waals surface area contributed by atoms with Crippen molar-refractivity contribution in [2.75, 3.05) is 30.4 Å². The van der Waals surface area contributed by atoms with Crippen LogP contribution in [-0.2, 0) is 17.8 Å². The molecular weight excluding hydrogens is 420 g/mol. The first-order valence-corrected chi connectivity index (χ1v) is 10.8. The van der Waals surface area contributed by atoms with Crippen LogP contribution in [0.3, 0.4) is 0 Å². The maximum absolute atomic E-state index is 13.4. The van der Waals surface area contributed by atoms with Crippen molar-refractivity contribution >= 4 is 29.1 Å². The van der Waals surface area contributed by atoms with Crippen LogP contribution in [0.5, 0.6) is 0 Å². The first-order chi connectivity index (χ1) is 15.9. The Balaban J connectivity index is 1.39. The van der Waals surface area contributed by atoms with Gasteiger partial charge >= 0.3 is 0 Å². The highest BCUT2D eigenvalue weighted by Gasteiger charge is 2.39. The number of likely N-dealkylation sites (N-methyl/N-ethyl adjacent to an activating group) is 1. The molecule has 3 heterocycles. The minimum Gasteiger partial charge on any atom is -0.381 e. The molecule has 0 unspecified atom stereocenters. The van der Waals surface area contributed by atoms with Crippen molar-refractivity contribution in [2.24, 2.45) is 5.73 Å². The average molecular weight is 444 g/mol. The van der Waals surface area contributed by atoms with E-state index in [-0.39, 0.29) is 18.4 Å². The van der Waals surface area contributed by atoms with E-state index < -0.39 is 11.9 Å². The van der Waals surface area contributed by atoms with Crippen molar-refractivity contribution in [3.63, 3.8) is 0 Å². The van der Waals surface area contributed by atoms with E-state index in [1.807, 2.05) is 36.5 Å². The first kappa shape index (κ1) is 20.7. The number of fused-ring (bicyclic) bond motifs is 2. The Labute approximate surface area is 190 Å². The fourth-order valence-electron chi connectivity index (χ4n) is 4.44. The molecule has 0 spiro atoms. The number of aromatic nitrogens is 2. The van der Waals surface area contributed by atoms with Gasteiger partial charge in [0.25, 0.3) is 11.8 Å². The summed E-state index contributed by atoms with van der Waals surface area (Å²) in [6.45, 7) is 1.26. The number of anilines is 2. The topological polar surface area (TPSA) is 114 Å². The van der Waals surface area contributed by atoms with Gasteiger partial charge in [-0.3, -0.25) is 19.1 Å². The summed E-state index contributed by atoms with van der Waals surface area (Å²) < 4.78 is 1.78. The van der Waals surface area contributed by atoms with E-state index >= 15 is 0 Å². The van der Waals surface area contributed by atoms with E-state index in [1.54, 1.807) is 34.8 Å². The predicted octanol–water partition coefficient (Wildman–Crippen LogP) is 1.49. The van der Waals surface area contributed by atoms with Crippen molar-refractivity contribution < 1.29 is 14.4 Å². The van der Waals surface area contributed by atoms with E-state index in [1.165, 1.54) is 4.90 Å². The van der Waals surface area contributed by atoms with Crippen LogP contribution in [0.15, 0.2) is 54.7 Å². The third-order valence-electron chi connectivity index (χ3n) is 6.23. The quantitative estimate of drug-likeness (QED) is 0.633. The second kappa shape index (κ2) is 8.09. The molecule has 0 bridgehead atoms. The van der Waals surface area contributed by atoms with Crippen LogP contribution in [-0.4, -0.2) is 58.6 Å². The van der Waals surface area contributed by atoms with Crippen molar-refractivity contribution in [3.05, 3.63) is 77.1 Å². The number of carbonyl (C=O) groups is 3. The molecule has 2 aliphatic rings. The molecule has 2 aromatic carbocycles. The van der Waals surface area contributed by atoms with Crippen LogP contribution in [0.4, 0.5) is 11.4 Å². The summed E-state index contributed by atoms with van der Waals surface area (Å²) >= 11 is 0. The fraction of sp³-hybridized carbons (Fsp3) is 0.250. The molecule has 3 aromatic rings. The number of benzene rings is 2. The Morgan fingerprint density at radius 1 is 1.18 bits per heavy atom. The lowest BCUT2D eigenvalue weighted by Gasteiger charge is -2.33. The standard InChI is InChI=1S/C24H24N6O3/c1-28-19-11-16(22(25)31)7-8-18(19)26-12-20(23(28)32)30-10-9-17-14-29(27-21(17)24(30)33)13-15-5-3-2-4-6-15/h2-8,11,14,20,26H,9-10,12-13H2,1H3,(H2,25,31)/t20-/m0/s1. The molecule has 3 amide bonds. The summed E-state index contributed by atoms with van der Waals surface area (Å²) in [6, 6.07) is 14.2. The van der Waals surface area contributed by atoms with E-state index in [9.17, 15) is 14.4 Å². The minimum atomic E-state index is -0.695. The molecule has 5 rings (SSSR count). The van der Waals surface area contributed by atoms with Crippen LogP contribution in [0, 0.1) is 0 Å². The SMILES string of the molecule is CN1C(=O)[C@@H](N2CCc3cn(Cc4ccccc4)nc3C2=O)CNc2ccc(C(N)=O)cc21. The lowest BCUT2D eigenvalue weighted by molar-refractivity contribution is -0.122. The Kier molecular flexibility index (Phi) is 5.08. The number of nitrogens with two attached hydrogens (primary N) is 1. The number of nitrogens with zero attached hydrogens (tertiary/aromatic N) is 4. The van der Waals surface area contributed by atoms with Crippen LogP contribution >= 0.6 is 0 Å². The van der Waals surface area contributed by atoms with Gasteiger partial charge in [0.05, 0.1) is 17.9 Å². The van der Waals surface area contributed by atoms with Gasteiger partial charge in [-0.05, 0) is 30.2 Å². The van der Waals surface area contributed by atoms with Crippen molar-refractivity contribution in [2.45, 2.75) is 19.0 Å². The van der Waals surface area contributed by atoms with Gasteiger partial charge in [-0.25, -0.2) is 0 Å². The Morgan fingerprint density at radius 3 is 2.73 bits per heavy atom. The monoisotopic (exact) mass is 444 g/mol. The molecule has 9 nitrogen and oxygen atoms in total. The fourth-order valence-corrected chi connectivity index (χ4v) is 4.44. The molecule has 33 heavy (non-hydrogen) atoms. The first-order valence-electron chi connectivity index (χ1n) is 10.8. The molecule has 0 saturated heterocycles. The van der Waals surface area contributed by atoms with Gasteiger partial charge in [-0.2, -0.15) is 5.10 Å². The van der Waals surface area contributed by atoms with Gasteiger partial charge < -0.3 is 20.9 Å². The lowest BCUT2D eigenvalue weighted by Crippen LogP contribution is -2.54. The molecule has 0 saturated carbocycles. The highest BCUT2D eigenvalue weighted by molar-refractivity contribution is 6.06. The average Bonchev–Trinajstić information content (AvgIpc) is 3.18. The summed E-state index contributed by atoms with van der Waals surface area (Å²) in [5, 5.41) is 7.79. The van der Waals surface area contributed by atoms with Crippen LogP contribution in [0.2, 0.25) is 0 Å². The zero-order valence-electron chi connectivity index (χ0n) is 18.2. The maximum Gasteiger partial charge on any atom is 0.275 e. The Morgan fingerprint density at radius 2 is 1.97 bits per heavy atom. The zero-order chi connectivity index (χ0) is 23.1. The summed E-state index contributed by atoms with van der Waals surface area (Å²) in [5.74, 6) is -1.05. The molecule has 0 radical (unpaired) electrons. The molecule has 1 atom stereocenters. The molecule has 3 N–H and O–H groups in total. The smallest absolute Gasteiger partial charge is 0.275 e. The maximum atomic E-state index is 13.4. The predicted molar refractivity (Wildman–Crippen MR) is 123 cm³/mol. The largest absolute Gasteiger partial charge is 0.381 e. The van der Waals surface area contributed by atoms with Crippen molar-refractivity contribution in [3.8, 4) is 0 Å². The minimum absolute atomic E-state index is 0.233. The number of rotatable bonds is 4. The number of carbonyl (C=O) groups excluding carboxylic acids is 3. The van der Waals surface area contributed by atoms with Crippen LogP contribution < -0.4 is 16.0 Å². The molecule has 1 aromatic heterocycles. The molecule has 0 fully saturated rings. The third-order valence-corrected chi connectivity index (χ3v) is 6.23. The molecule has 168 valence electrons. The van der Waals surface area contributed by atoms with E-state index in [2.05, 4.69) is 10.4 Å². The van der Waals surface area contributed by atoms with Crippen molar-refractivity contribution in [1.82, 2.24) is 14.7 Å². The lowest BCUT2D eigenvalue weighted by atomic mass is 10.0. The highest BCUT2D eigenvalue weighted by atomic mass is 16.2. The summed E-state index contributed by atoms with van der Waals surface area (Å²) in [4.78, 5) is 41.3. The van der Waals surface area contributed by atoms with Gasteiger partial charge in [0.15, 0.2) is 5.69 Å².